The molecule has 1 fully saturated rings. The first-order valence-electron chi connectivity index (χ1n) is 6.71. The summed E-state index contributed by atoms with van der Waals surface area (Å²) < 4.78 is 3.83. The summed E-state index contributed by atoms with van der Waals surface area (Å²) in [5, 5.41) is 3.84. The summed E-state index contributed by atoms with van der Waals surface area (Å²) in [6, 6.07) is 5.42. The number of hydrogen-bond acceptors (Lipinski definition) is 3. The number of halogens is 1. The summed E-state index contributed by atoms with van der Waals surface area (Å²) in [5.41, 5.74) is 0.265. The number of hydrogen-bond donors (Lipinski definition) is 1. The zero-order chi connectivity index (χ0) is 14.3. The zero-order valence-corrected chi connectivity index (χ0v) is 12.8. The van der Waals surface area contributed by atoms with Crippen molar-refractivity contribution < 1.29 is 0 Å². The highest BCUT2D eigenvalue weighted by Crippen LogP contribution is 2.18. The molecule has 0 saturated carbocycles. The van der Waals surface area contributed by atoms with Gasteiger partial charge in [-0.25, -0.2) is 4.79 Å². The number of aromatic nitrogens is 2. The van der Waals surface area contributed by atoms with Gasteiger partial charge in [0.05, 0.1) is 10.9 Å². The van der Waals surface area contributed by atoms with Gasteiger partial charge in [0.25, 0.3) is 5.56 Å². The Morgan fingerprint density at radius 1 is 1.25 bits per heavy atom. The molecule has 0 spiro atoms. The molecule has 1 aliphatic heterocycles. The van der Waals surface area contributed by atoms with E-state index in [1.165, 1.54) is 4.57 Å². The van der Waals surface area contributed by atoms with Gasteiger partial charge in [-0.2, -0.15) is 0 Å². The number of aryl methyl sites for hydroxylation is 1. The number of benzene rings is 1. The van der Waals surface area contributed by atoms with Gasteiger partial charge >= 0.3 is 5.69 Å². The van der Waals surface area contributed by atoms with Gasteiger partial charge in [-0.15, -0.1) is 0 Å². The predicted octanol–water partition coefficient (Wildman–Crippen LogP) is 1.39. The Morgan fingerprint density at radius 2 is 1.95 bits per heavy atom. The summed E-state index contributed by atoms with van der Waals surface area (Å²) in [6.07, 6.45) is 1.63. The molecule has 2 heterocycles. The van der Waals surface area contributed by atoms with E-state index in [0.717, 1.165) is 30.4 Å². The molecule has 0 radical (unpaired) electrons. The van der Waals surface area contributed by atoms with E-state index in [-0.39, 0.29) is 17.3 Å². The minimum Gasteiger partial charge on any atom is -0.317 e. The van der Waals surface area contributed by atoms with Crippen LogP contribution in [0.4, 0.5) is 0 Å². The third kappa shape index (κ3) is 2.13. The third-order valence-electron chi connectivity index (χ3n) is 3.94. The molecule has 1 aliphatic rings. The monoisotopic (exact) mass is 337 g/mol. The Balaban J connectivity index is 2.32. The van der Waals surface area contributed by atoms with Crippen LogP contribution in [0.25, 0.3) is 10.9 Å². The maximum absolute atomic E-state index is 12.7. The molecule has 106 valence electrons. The molecule has 2 aromatic rings. The number of nitrogens with one attached hydrogen (secondary N) is 1. The lowest BCUT2D eigenvalue weighted by atomic mass is 10.1. The van der Waals surface area contributed by atoms with Gasteiger partial charge in [0.15, 0.2) is 0 Å². The lowest BCUT2D eigenvalue weighted by Crippen LogP contribution is -2.44. The Bertz CT molecular complexity index is 772. The van der Waals surface area contributed by atoms with Crippen LogP contribution >= 0.6 is 15.9 Å². The Kier molecular flexibility index (Phi) is 3.52. The van der Waals surface area contributed by atoms with Gasteiger partial charge in [0.1, 0.15) is 0 Å². The number of piperidine rings is 1. The minimum atomic E-state index is -0.225. The fourth-order valence-electron chi connectivity index (χ4n) is 2.84. The van der Waals surface area contributed by atoms with Crippen molar-refractivity contribution in [2.24, 2.45) is 7.05 Å². The van der Waals surface area contributed by atoms with Gasteiger partial charge in [-0.1, -0.05) is 15.9 Å². The summed E-state index contributed by atoms with van der Waals surface area (Å²) >= 11 is 3.38. The summed E-state index contributed by atoms with van der Waals surface area (Å²) in [4.78, 5) is 25.1. The normalized spacial score (nSPS) is 16.7. The zero-order valence-electron chi connectivity index (χ0n) is 11.2. The molecule has 1 aromatic heterocycles. The van der Waals surface area contributed by atoms with Crippen molar-refractivity contribution in [1.29, 1.82) is 0 Å². The molecule has 0 bridgehead atoms. The molecular formula is C14H16BrN3O2. The first-order valence-corrected chi connectivity index (χ1v) is 7.50. The summed E-state index contributed by atoms with van der Waals surface area (Å²) in [7, 11) is 1.72. The molecule has 1 saturated heterocycles. The lowest BCUT2D eigenvalue weighted by Gasteiger charge is -2.24. The van der Waals surface area contributed by atoms with E-state index in [1.807, 2.05) is 6.07 Å². The van der Waals surface area contributed by atoms with Crippen molar-refractivity contribution in [1.82, 2.24) is 14.5 Å². The van der Waals surface area contributed by atoms with Crippen molar-refractivity contribution >= 4 is 26.8 Å². The van der Waals surface area contributed by atoms with E-state index in [4.69, 9.17) is 0 Å². The molecule has 0 aliphatic carbocycles. The number of nitrogens with zero attached hydrogens (tertiary/aromatic N) is 2. The van der Waals surface area contributed by atoms with E-state index in [1.54, 1.807) is 23.7 Å². The standard InChI is InChI=1S/C14H16BrN3O2/c1-17-12-3-2-9(15)8-11(12)13(19)18(14(17)20)10-4-6-16-7-5-10/h2-3,8,10,16H,4-7H2,1H3. The summed E-state index contributed by atoms with van der Waals surface area (Å²) in [6.45, 7) is 1.69. The van der Waals surface area contributed by atoms with E-state index in [9.17, 15) is 9.59 Å². The molecule has 0 atom stereocenters. The first kappa shape index (κ1) is 13.6. The first-order chi connectivity index (χ1) is 9.59. The van der Waals surface area contributed by atoms with E-state index in [0.29, 0.717) is 10.9 Å². The highest BCUT2D eigenvalue weighted by atomic mass is 79.9. The van der Waals surface area contributed by atoms with Crippen LogP contribution in [0, 0.1) is 0 Å². The third-order valence-corrected chi connectivity index (χ3v) is 4.43. The van der Waals surface area contributed by atoms with Gasteiger partial charge in [0, 0.05) is 17.6 Å². The molecule has 0 amide bonds. The number of rotatable bonds is 1. The predicted molar refractivity (Wildman–Crippen MR) is 82.3 cm³/mol. The second kappa shape index (κ2) is 5.18. The van der Waals surface area contributed by atoms with Crippen molar-refractivity contribution in [2.45, 2.75) is 18.9 Å². The van der Waals surface area contributed by atoms with E-state index >= 15 is 0 Å². The largest absolute Gasteiger partial charge is 0.331 e. The summed E-state index contributed by atoms with van der Waals surface area (Å²) in [5.74, 6) is 0. The van der Waals surface area contributed by atoms with Crippen LogP contribution in [0.2, 0.25) is 0 Å². The Morgan fingerprint density at radius 3 is 2.65 bits per heavy atom. The fraction of sp³-hybridized carbons (Fsp3) is 0.429. The SMILES string of the molecule is Cn1c(=O)n(C2CCNCC2)c(=O)c2cc(Br)ccc21. The van der Waals surface area contributed by atoms with Crippen LogP contribution in [-0.2, 0) is 7.05 Å². The smallest absolute Gasteiger partial charge is 0.317 e. The topological polar surface area (TPSA) is 56.0 Å². The van der Waals surface area contributed by atoms with Crippen LogP contribution in [0.1, 0.15) is 18.9 Å². The van der Waals surface area contributed by atoms with Crippen molar-refractivity contribution in [2.75, 3.05) is 13.1 Å². The van der Waals surface area contributed by atoms with Crippen molar-refractivity contribution in [3.05, 3.63) is 43.5 Å². The molecule has 20 heavy (non-hydrogen) atoms. The Labute approximate surface area is 124 Å². The average Bonchev–Trinajstić information content (AvgIpc) is 2.46. The molecule has 1 aromatic carbocycles. The van der Waals surface area contributed by atoms with Crippen LogP contribution < -0.4 is 16.6 Å². The molecular weight excluding hydrogens is 322 g/mol. The minimum absolute atomic E-state index is 0.00849. The molecule has 0 unspecified atom stereocenters. The van der Waals surface area contributed by atoms with Gasteiger partial charge < -0.3 is 5.32 Å². The quantitative estimate of drug-likeness (QED) is 0.855. The van der Waals surface area contributed by atoms with E-state index < -0.39 is 0 Å². The van der Waals surface area contributed by atoms with Crippen LogP contribution in [0.15, 0.2) is 32.3 Å². The average molecular weight is 338 g/mol. The van der Waals surface area contributed by atoms with Gasteiger partial charge in [-0.05, 0) is 44.1 Å². The number of fused-ring (bicyclic) bond motifs is 1. The Hall–Kier alpha value is -1.40. The highest BCUT2D eigenvalue weighted by molar-refractivity contribution is 9.10. The molecule has 6 heteroatoms. The maximum Gasteiger partial charge on any atom is 0.331 e. The van der Waals surface area contributed by atoms with Crippen molar-refractivity contribution in [3.8, 4) is 0 Å². The second-order valence-corrected chi connectivity index (χ2v) is 6.08. The van der Waals surface area contributed by atoms with Crippen LogP contribution in [0.3, 0.4) is 0 Å². The van der Waals surface area contributed by atoms with E-state index in [2.05, 4.69) is 21.2 Å². The van der Waals surface area contributed by atoms with Gasteiger partial charge in [0.2, 0.25) is 0 Å². The lowest BCUT2D eigenvalue weighted by molar-refractivity contribution is 0.347. The van der Waals surface area contributed by atoms with Crippen LogP contribution in [0.5, 0.6) is 0 Å². The van der Waals surface area contributed by atoms with Crippen LogP contribution in [-0.4, -0.2) is 22.2 Å². The second-order valence-electron chi connectivity index (χ2n) is 5.16. The highest BCUT2D eigenvalue weighted by Gasteiger charge is 2.21. The fourth-order valence-corrected chi connectivity index (χ4v) is 3.20. The maximum atomic E-state index is 12.7. The van der Waals surface area contributed by atoms with Gasteiger partial charge in [-0.3, -0.25) is 13.9 Å². The molecule has 5 nitrogen and oxygen atoms in total. The molecule has 1 N–H and O–H groups in total. The molecule has 3 rings (SSSR count). The van der Waals surface area contributed by atoms with Crippen molar-refractivity contribution in [3.63, 3.8) is 0 Å².